The van der Waals surface area contributed by atoms with Crippen LogP contribution in [0.2, 0.25) is 0 Å². The largest absolute Gasteiger partial charge is 0.306 e. The van der Waals surface area contributed by atoms with Crippen LogP contribution in [0.4, 0.5) is 11.4 Å². The smallest absolute Gasteiger partial charge is 0.297 e. The molecule has 3 aromatic rings. The van der Waals surface area contributed by atoms with Gasteiger partial charge in [-0.2, -0.15) is 5.11 Å². The number of rotatable bonds is 2. The van der Waals surface area contributed by atoms with Gasteiger partial charge in [-0.1, -0.05) is 29.5 Å². The number of nitrogens with one attached hydrogen (secondary N) is 1. The predicted octanol–water partition coefficient (Wildman–Crippen LogP) is 4.33. The number of hydrogen-bond acceptors (Lipinski definition) is 5. The van der Waals surface area contributed by atoms with E-state index in [-0.39, 0.29) is 4.87 Å². The van der Waals surface area contributed by atoms with E-state index in [9.17, 15) is 4.79 Å². The second kappa shape index (κ2) is 5.21. The Morgan fingerprint density at radius 3 is 2.67 bits per heavy atom. The monoisotopic (exact) mass is 298 g/mol. The average molecular weight is 298 g/mol. The Kier molecular flexibility index (Phi) is 3.39. The highest BCUT2D eigenvalue weighted by atomic mass is 32.1. The van der Waals surface area contributed by atoms with Crippen molar-refractivity contribution < 1.29 is 0 Å². The first-order chi connectivity index (χ1) is 10.1. The van der Waals surface area contributed by atoms with Crippen LogP contribution in [-0.2, 0) is 0 Å². The van der Waals surface area contributed by atoms with E-state index in [4.69, 9.17) is 0 Å². The second-order valence-electron chi connectivity index (χ2n) is 4.85. The molecule has 2 aromatic heterocycles. The van der Waals surface area contributed by atoms with Crippen molar-refractivity contribution in [3.63, 3.8) is 0 Å². The molecule has 0 bridgehead atoms. The second-order valence-corrected chi connectivity index (χ2v) is 5.83. The van der Waals surface area contributed by atoms with Gasteiger partial charge in [-0.3, -0.25) is 9.78 Å². The molecule has 0 amide bonds. The van der Waals surface area contributed by atoms with Gasteiger partial charge in [0.25, 0.3) is 0 Å². The first kappa shape index (κ1) is 13.6. The number of thiazole rings is 1. The molecule has 1 N–H and O–H groups in total. The number of fused-ring (bicyclic) bond motifs is 1. The summed E-state index contributed by atoms with van der Waals surface area (Å²) in [5, 5.41) is 8.66. The van der Waals surface area contributed by atoms with Gasteiger partial charge in [0.05, 0.1) is 16.1 Å². The molecule has 0 aliphatic heterocycles. The van der Waals surface area contributed by atoms with E-state index in [1.165, 1.54) is 0 Å². The Morgan fingerprint density at radius 2 is 1.90 bits per heavy atom. The van der Waals surface area contributed by atoms with Crippen LogP contribution >= 0.6 is 11.3 Å². The fourth-order valence-electron chi connectivity index (χ4n) is 2.18. The molecule has 0 unspecified atom stereocenters. The molecule has 0 saturated carbocycles. The van der Waals surface area contributed by atoms with Crippen molar-refractivity contribution >= 4 is 33.1 Å². The van der Waals surface area contributed by atoms with Crippen molar-refractivity contribution in [1.82, 2.24) is 9.97 Å². The lowest BCUT2D eigenvalue weighted by Gasteiger charge is -2.04. The SMILES string of the molecule is Cc1ccccc1N=Nc1c(C)nc2[nH]c(=O)sc2c1C. The van der Waals surface area contributed by atoms with E-state index < -0.39 is 0 Å². The summed E-state index contributed by atoms with van der Waals surface area (Å²) in [7, 11) is 0. The lowest BCUT2D eigenvalue weighted by molar-refractivity contribution is 1.13. The van der Waals surface area contributed by atoms with Gasteiger partial charge < -0.3 is 0 Å². The molecule has 0 spiro atoms. The van der Waals surface area contributed by atoms with E-state index in [0.717, 1.165) is 44.2 Å². The summed E-state index contributed by atoms with van der Waals surface area (Å²) in [5.74, 6) is 0. The van der Waals surface area contributed by atoms with Crippen LogP contribution in [0, 0.1) is 20.8 Å². The fourth-order valence-corrected chi connectivity index (χ4v) is 2.96. The van der Waals surface area contributed by atoms with E-state index in [1.807, 2.05) is 45.0 Å². The summed E-state index contributed by atoms with van der Waals surface area (Å²) < 4.78 is 0.837. The zero-order valence-electron chi connectivity index (χ0n) is 12.0. The molecule has 0 atom stereocenters. The number of benzene rings is 1. The molecule has 0 aliphatic rings. The first-order valence-corrected chi connectivity index (χ1v) is 7.35. The quantitative estimate of drug-likeness (QED) is 0.715. The van der Waals surface area contributed by atoms with Gasteiger partial charge in [-0.15, -0.1) is 5.11 Å². The zero-order chi connectivity index (χ0) is 15.0. The maximum Gasteiger partial charge on any atom is 0.306 e. The zero-order valence-corrected chi connectivity index (χ0v) is 12.8. The van der Waals surface area contributed by atoms with Crippen molar-refractivity contribution in [1.29, 1.82) is 0 Å². The molecule has 2 heterocycles. The summed E-state index contributed by atoms with van der Waals surface area (Å²) in [5.41, 5.74) is 4.93. The van der Waals surface area contributed by atoms with Gasteiger partial charge in [-0.05, 0) is 38.0 Å². The number of H-pyrrole nitrogens is 1. The third kappa shape index (κ3) is 2.50. The molecule has 5 nitrogen and oxygen atoms in total. The standard InChI is InChI=1S/C15H14N4OS/c1-8-6-4-5-7-11(8)18-19-12-9(2)13-14(16-10(12)3)17-15(20)21-13/h4-7H,1-3H3,(H,16,17,20). The number of aromatic amines is 1. The predicted molar refractivity (Wildman–Crippen MR) is 85.1 cm³/mol. The average Bonchev–Trinajstić information content (AvgIpc) is 2.81. The number of aromatic nitrogens is 2. The molecule has 0 fully saturated rings. The lowest BCUT2D eigenvalue weighted by atomic mass is 10.2. The van der Waals surface area contributed by atoms with Crippen molar-refractivity contribution in [2.24, 2.45) is 10.2 Å². The van der Waals surface area contributed by atoms with E-state index in [0.29, 0.717) is 5.65 Å². The third-order valence-electron chi connectivity index (χ3n) is 3.32. The minimum absolute atomic E-state index is 0.104. The number of azo groups is 1. The minimum atomic E-state index is -0.104. The first-order valence-electron chi connectivity index (χ1n) is 6.53. The van der Waals surface area contributed by atoms with Gasteiger partial charge in [-0.25, -0.2) is 4.98 Å². The molecule has 0 aliphatic carbocycles. The van der Waals surface area contributed by atoms with Crippen LogP contribution in [0.5, 0.6) is 0 Å². The van der Waals surface area contributed by atoms with Crippen LogP contribution < -0.4 is 4.87 Å². The van der Waals surface area contributed by atoms with Gasteiger partial charge in [0, 0.05) is 0 Å². The summed E-state index contributed by atoms with van der Waals surface area (Å²) in [6, 6.07) is 7.81. The molecule has 0 radical (unpaired) electrons. The van der Waals surface area contributed by atoms with Gasteiger partial charge >= 0.3 is 4.87 Å². The summed E-state index contributed by atoms with van der Waals surface area (Å²) in [6.45, 7) is 5.80. The van der Waals surface area contributed by atoms with Crippen LogP contribution in [-0.4, -0.2) is 9.97 Å². The van der Waals surface area contributed by atoms with E-state index >= 15 is 0 Å². The topological polar surface area (TPSA) is 70.5 Å². The molecule has 106 valence electrons. The number of hydrogen-bond donors (Lipinski definition) is 1. The molecule has 3 rings (SSSR count). The highest BCUT2D eigenvalue weighted by molar-refractivity contribution is 7.16. The maximum atomic E-state index is 11.5. The summed E-state index contributed by atoms with van der Waals surface area (Å²) in [4.78, 5) is 18.5. The van der Waals surface area contributed by atoms with Crippen LogP contribution in [0.1, 0.15) is 16.8 Å². The summed E-state index contributed by atoms with van der Waals surface area (Å²) >= 11 is 1.15. The van der Waals surface area contributed by atoms with E-state index in [2.05, 4.69) is 20.2 Å². The third-order valence-corrected chi connectivity index (χ3v) is 4.31. The molecule has 6 heteroatoms. The maximum absolute atomic E-state index is 11.5. The Balaban J connectivity index is 2.12. The molecular formula is C15H14N4OS. The van der Waals surface area contributed by atoms with Crippen LogP contribution in [0.25, 0.3) is 10.3 Å². The molecule has 21 heavy (non-hydrogen) atoms. The van der Waals surface area contributed by atoms with Crippen molar-refractivity contribution in [3.05, 3.63) is 50.8 Å². The van der Waals surface area contributed by atoms with E-state index in [1.54, 1.807) is 0 Å². The van der Waals surface area contributed by atoms with Gasteiger partial charge in [0.2, 0.25) is 0 Å². The lowest BCUT2D eigenvalue weighted by Crippen LogP contribution is -1.92. The van der Waals surface area contributed by atoms with Gasteiger partial charge in [0.15, 0.2) is 5.65 Å². The normalized spacial score (nSPS) is 11.6. The fraction of sp³-hybridized carbons (Fsp3) is 0.200. The molecule has 0 saturated heterocycles. The Morgan fingerprint density at radius 1 is 1.14 bits per heavy atom. The Labute approximate surface area is 125 Å². The highest BCUT2D eigenvalue weighted by Crippen LogP contribution is 2.31. The Hall–Kier alpha value is -2.34. The Bertz CT molecular complexity index is 908. The minimum Gasteiger partial charge on any atom is -0.297 e. The van der Waals surface area contributed by atoms with Crippen molar-refractivity contribution in [3.8, 4) is 0 Å². The molecular weight excluding hydrogens is 284 g/mol. The van der Waals surface area contributed by atoms with Crippen molar-refractivity contribution in [2.45, 2.75) is 20.8 Å². The van der Waals surface area contributed by atoms with Crippen molar-refractivity contribution in [2.75, 3.05) is 0 Å². The number of aryl methyl sites for hydroxylation is 3. The number of pyridine rings is 1. The van der Waals surface area contributed by atoms with Gasteiger partial charge in [0.1, 0.15) is 5.69 Å². The summed E-state index contributed by atoms with van der Waals surface area (Å²) in [6.07, 6.45) is 0. The molecule has 1 aromatic carbocycles. The van der Waals surface area contributed by atoms with Crippen LogP contribution in [0.3, 0.4) is 0 Å². The highest BCUT2D eigenvalue weighted by Gasteiger charge is 2.12. The van der Waals surface area contributed by atoms with Crippen LogP contribution in [0.15, 0.2) is 39.3 Å². The number of nitrogens with zero attached hydrogens (tertiary/aromatic N) is 3.